The van der Waals surface area contributed by atoms with Gasteiger partial charge < -0.3 is 19.7 Å². The zero-order valence-electron chi connectivity index (χ0n) is 13.5. The predicted octanol–water partition coefficient (Wildman–Crippen LogP) is 1.45. The molecule has 0 radical (unpaired) electrons. The first-order valence-corrected chi connectivity index (χ1v) is 8.56. The largest absolute Gasteiger partial charge is 0.454 e. The van der Waals surface area contributed by atoms with Crippen molar-refractivity contribution >= 4 is 5.91 Å². The molecule has 0 aromatic heterocycles. The van der Waals surface area contributed by atoms with Crippen LogP contribution in [-0.2, 0) is 11.2 Å². The van der Waals surface area contributed by atoms with Crippen molar-refractivity contribution in [3.05, 3.63) is 23.8 Å². The first-order chi connectivity index (χ1) is 11.7. The summed E-state index contributed by atoms with van der Waals surface area (Å²) in [5.41, 5.74) is 1.20. The fourth-order valence-electron chi connectivity index (χ4n) is 3.92. The summed E-state index contributed by atoms with van der Waals surface area (Å²) < 4.78 is 10.8. The van der Waals surface area contributed by atoms with E-state index in [-0.39, 0.29) is 24.8 Å². The maximum atomic E-state index is 12.6. The number of amides is 1. The van der Waals surface area contributed by atoms with Crippen LogP contribution in [0.4, 0.5) is 0 Å². The van der Waals surface area contributed by atoms with Gasteiger partial charge in [0, 0.05) is 6.54 Å². The lowest BCUT2D eigenvalue weighted by molar-refractivity contribution is -0.133. The van der Waals surface area contributed by atoms with E-state index in [1.807, 2.05) is 12.1 Å². The lowest BCUT2D eigenvalue weighted by Gasteiger charge is -2.23. The Bertz CT molecular complexity index is 685. The minimum absolute atomic E-state index is 0.0900. The molecule has 6 nitrogen and oxygen atoms in total. The highest BCUT2D eigenvalue weighted by atomic mass is 16.7. The molecule has 126 valence electrons. The van der Waals surface area contributed by atoms with Crippen LogP contribution in [0, 0.1) is 17.2 Å². The SMILES string of the molecule is N#C[C@@H]1CCCN1C(=O)C1CC(Cc2ccc3c(c2)OCO3)CN1. The summed E-state index contributed by atoms with van der Waals surface area (Å²) in [5, 5.41) is 12.5. The number of rotatable bonds is 3. The number of ether oxygens (including phenoxy) is 2. The molecule has 3 atom stereocenters. The zero-order chi connectivity index (χ0) is 16.5. The van der Waals surface area contributed by atoms with Gasteiger partial charge in [-0.2, -0.15) is 5.26 Å². The first-order valence-electron chi connectivity index (χ1n) is 8.56. The highest BCUT2D eigenvalue weighted by Gasteiger charge is 2.37. The van der Waals surface area contributed by atoms with Gasteiger partial charge in [0.1, 0.15) is 6.04 Å². The molecule has 3 aliphatic rings. The highest BCUT2D eigenvalue weighted by Crippen LogP contribution is 2.34. The van der Waals surface area contributed by atoms with Crippen molar-refractivity contribution in [2.75, 3.05) is 19.9 Å². The summed E-state index contributed by atoms with van der Waals surface area (Å²) in [7, 11) is 0. The first kappa shape index (κ1) is 15.3. The average molecular weight is 327 g/mol. The normalized spacial score (nSPS) is 28.1. The number of likely N-dealkylation sites (tertiary alicyclic amines) is 1. The topological polar surface area (TPSA) is 74.6 Å². The number of hydrogen-bond donors (Lipinski definition) is 1. The molecule has 3 aliphatic heterocycles. The van der Waals surface area contributed by atoms with Gasteiger partial charge in [0.2, 0.25) is 12.7 Å². The van der Waals surface area contributed by atoms with Crippen LogP contribution in [0.5, 0.6) is 11.5 Å². The molecule has 6 heteroatoms. The van der Waals surface area contributed by atoms with Crippen molar-refractivity contribution in [2.24, 2.45) is 5.92 Å². The molecule has 0 saturated carbocycles. The van der Waals surface area contributed by atoms with E-state index in [1.165, 1.54) is 5.56 Å². The number of nitrogens with zero attached hydrogens (tertiary/aromatic N) is 2. The third kappa shape index (κ3) is 2.80. The van der Waals surface area contributed by atoms with Gasteiger partial charge >= 0.3 is 0 Å². The molecule has 2 unspecified atom stereocenters. The van der Waals surface area contributed by atoms with E-state index in [0.29, 0.717) is 12.5 Å². The molecule has 2 fully saturated rings. The van der Waals surface area contributed by atoms with Crippen LogP contribution in [0.15, 0.2) is 18.2 Å². The fraction of sp³-hybridized carbons (Fsp3) is 0.556. The molecular weight excluding hydrogens is 306 g/mol. The molecule has 2 saturated heterocycles. The Morgan fingerprint density at radius 1 is 1.38 bits per heavy atom. The summed E-state index contributed by atoms with van der Waals surface area (Å²) in [5.74, 6) is 2.11. The Hall–Kier alpha value is -2.26. The van der Waals surface area contributed by atoms with Crippen LogP contribution in [0.2, 0.25) is 0 Å². The van der Waals surface area contributed by atoms with Gasteiger partial charge in [0.15, 0.2) is 11.5 Å². The van der Waals surface area contributed by atoms with Crippen molar-refractivity contribution in [1.82, 2.24) is 10.2 Å². The highest BCUT2D eigenvalue weighted by molar-refractivity contribution is 5.83. The number of fused-ring (bicyclic) bond motifs is 1. The minimum atomic E-state index is -0.243. The van der Waals surface area contributed by atoms with Gasteiger partial charge in [-0.05, 0) is 55.8 Å². The number of nitrogens with one attached hydrogen (secondary N) is 1. The molecule has 3 heterocycles. The lowest BCUT2D eigenvalue weighted by atomic mass is 9.96. The summed E-state index contributed by atoms with van der Waals surface area (Å²) in [6, 6.07) is 7.89. The molecule has 1 amide bonds. The van der Waals surface area contributed by atoms with E-state index < -0.39 is 0 Å². The monoisotopic (exact) mass is 327 g/mol. The summed E-state index contributed by atoms with van der Waals surface area (Å²) >= 11 is 0. The van der Waals surface area contributed by atoms with E-state index in [0.717, 1.165) is 43.7 Å². The van der Waals surface area contributed by atoms with Gasteiger partial charge in [0.25, 0.3) is 0 Å². The Morgan fingerprint density at radius 2 is 2.25 bits per heavy atom. The smallest absolute Gasteiger partial charge is 0.240 e. The fourth-order valence-corrected chi connectivity index (χ4v) is 3.92. The number of carbonyl (C=O) groups is 1. The Labute approximate surface area is 141 Å². The summed E-state index contributed by atoms with van der Waals surface area (Å²) in [4.78, 5) is 14.4. The van der Waals surface area contributed by atoms with Crippen molar-refractivity contribution in [2.45, 2.75) is 37.8 Å². The van der Waals surface area contributed by atoms with Crippen molar-refractivity contribution < 1.29 is 14.3 Å². The lowest BCUT2D eigenvalue weighted by Crippen LogP contribution is -2.45. The molecule has 1 aromatic rings. The Morgan fingerprint density at radius 3 is 3.12 bits per heavy atom. The zero-order valence-corrected chi connectivity index (χ0v) is 13.5. The number of nitriles is 1. The molecule has 1 aromatic carbocycles. The second kappa shape index (κ2) is 6.33. The standard InChI is InChI=1S/C18H21N3O3/c19-9-14-2-1-5-21(14)18(22)15-7-13(10-20-15)6-12-3-4-16-17(8-12)24-11-23-16/h3-4,8,13-15,20H,1-2,5-7,10-11H2/t13?,14-,15?/m0/s1. The Balaban J connectivity index is 1.36. The molecular formula is C18H21N3O3. The summed E-state index contributed by atoms with van der Waals surface area (Å²) in [6.07, 6.45) is 3.46. The number of hydrogen-bond acceptors (Lipinski definition) is 5. The number of carbonyl (C=O) groups excluding carboxylic acids is 1. The maximum Gasteiger partial charge on any atom is 0.240 e. The van der Waals surface area contributed by atoms with Gasteiger partial charge in [-0.1, -0.05) is 6.07 Å². The number of benzene rings is 1. The second-order valence-corrected chi connectivity index (χ2v) is 6.77. The van der Waals surface area contributed by atoms with E-state index in [4.69, 9.17) is 14.7 Å². The average Bonchev–Trinajstić information content (AvgIpc) is 3.33. The quantitative estimate of drug-likeness (QED) is 0.909. The molecule has 1 N–H and O–H groups in total. The van der Waals surface area contributed by atoms with Gasteiger partial charge in [-0.15, -0.1) is 0 Å². The van der Waals surface area contributed by atoms with Gasteiger partial charge in [-0.3, -0.25) is 4.79 Å². The van der Waals surface area contributed by atoms with Crippen LogP contribution < -0.4 is 14.8 Å². The maximum absolute atomic E-state index is 12.6. The molecule has 0 spiro atoms. The molecule has 4 rings (SSSR count). The van der Waals surface area contributed by atoms with Crippen LogP contribution in [0.25, 0.3) is 0 Å². The van der Waals surface area contributed by atoms with Gasteiger partial charge in [-0.25, -0.2) is 0 Å². The third-order valence-corrected chi connectivity index (χ3v) is 5.17. The van der Waals surface area contributed by atoms with E-state index in [1.54, 1.807) is 4.90 Å². The summed E-state index contributed by atoms with van der Waals surface area (Å²) in [6.45, 7) is 1.83. The van der Waals surface area contributed by atoms with Crippen LogP contribution >= 0.6 is 0 Å². The van der Waals surface area contributed by atoms with E-state index >= 15 is 0 Å². The van der Waals surface area contributed by atoms with Crippen LogP contribution in [0.1, 0.15) is 24.8 Å². The van der Waals surface area contributed by atoms with Gasteiger partial charge in [0.05, 0.1) is 12.1 Å². The van der Waals surface area contributed by atoms with Crippen molar-refractivity contribution in [3.8, 4) is 17.6 Å². The molecule has 0 aliphatic carbocycles. The molecule has 0 bridgehead atoms. The van der Waals surface area contributed by atoms with Crippen LogP contribution in [-0.4, -0.2) is 42.8 Å². The van der Waals surface area contributed by atoms with Crippen LogP contribution in [0.3, 0.4) is 0 Å². The van der Waals surface area contributed by atoms with Crippen molar-refractivity contribution in [3.63, 3.8) is 0 Å². The third-order valence-electron chi connectivity index (χ3n) is 5.17. The second-order valence-electron chi connectivity index (χ2n) is 6.77. The van der Waals surface area contributed by atoms with E-state index in [2.05, 4.69) is 17.5 Å². The predicted molar refractivity (Wildman–Crippen MR) is 86.5 cm³/mol. The van der Waals surface area contributed by atoms with Crippen molar-refractivity contribution in [1.29, 1.82) is 5.26 Å². The van der Waals surface area contributed by atoms with E-state index in [9.17, 15) is 4.79 Å². The Kier molecular flexibility index (Phi) is 4.03. The minimum Gasteiger partial charge on any atom is -0.454 e. The molecule has 24 heavy (non-hydrogen) atoms.